The molecule has 1 N–H and O–H groups in total. The molecule has 13 heteroatoms. The zero-order valence-electron chi connectivity index (χ0n) is 21.0. The van der Waals surface area contributed by atoms with Crippen LogP contribution in [0.4, 0.5) is 20.4 Å². The summed E-state index contributed by atoms with van der Waals surface area (Å²) in [6.45, 7) is 8.57. The van der Waals surface area contributed by atoms with E-state index in [-0.39, 0.29) is 41.5 Å². The Kier molecular flexibility index (Phi) is 8.00. The molecule has 0 amide bonds. The van der Waals surface area contributed by atoms with Crippen molar-refractivity contribution in [3.63, 3.8) is 0 Å². The van der Waals surface area contributed by atoms with Crippen LogP contribution in [0.15, 0.2) is 23.3 Å². The summed E-state index contributed by atoms with van der Waals surface area (Å²) in [4.78, 5) is 26.4. The third-order valence-electron chi connectivity index (χ3n) is 6.04. The summed E-state index contributed by atoms with van der Waals surface area (Å²) in [6, 6.07) is 2.14. The predicted octanol–water partition coefficient (Wildman–Crippen LogP) is 4.34. The first-order valence-corrected chi connectivity index (χ1v) is 15.6. The Morgan fingerprint density at radius 2 is 1.97 bits per heavy atom. The van der Waals surface area contributed by atoms with Crippen molar-refractivity contribution in [3.05, 3.63) is 34.5 Å². The molecule has 0 aromatic carbocycles. The maximum atomic E-state index is 13.5. The largest absolute Gasteiger partial charge is 0.480 e. The minimum absolute atomic E-state index is 0.0851. The highest BCUT2D eigenvalue weighted by molar-refractivity contribution is 6.76. The van der Waals surface area contributed by atoms with E-state index in [0.29, 0.717) is 43.8 Å². The van der Waals surface area contributed by atoms with Crippen molar-refractivity contribution in [2.24, 2.45) is 0 Å². The molecule has 3 aromatic heterocycles. The summed E-state index contributed by atoms with van der Waals surface area (Å²) in [5.41, 5.74) is 0.686. The van der Waals surface area contributed by atoms with E-state index in [1.165, 1.54) is 13.2 Å². The van der Waals surface area contributed by atoms with Crippen LogP contribution in [0.2, 0.25) is 25.7 Å². The second-order valence-corrected chi connectivity index (χ2v) is 15.5. The molecule has 10 nitrogen and oxygen atoms in total. The number of methoxy groups -OCH3 is 1. The molecule has 1 aliphatic heterocycles. The van der Waals surface area contributed by atoms with E-state index >= 15 is 0 Å². The van der Waals surface area contributed by atoms with Gasteiger partial charge in [0.05, 0.1) is 13.3 Å². The fraction of sp³-hybridized carbons (Fsp3) is 0.565. The second-order valence-electron chi connectivity index (χ2n) is 9.93. The van der Waals surface area contributed by atoms with Crippen LogP contribution < -0.4 is 15.7 Å². The molecule has 0 spiro atoms. The van der Waals surface area contributed by atoms with Gasteiger partial charge in [0, 0.05) is 45.7 Å². The number of alkyl halides is 2. The quantitative estimate of drug-likeness (QED) is 0.310. The van der Waals surface area contributed by atoms with Gasteiger partial charge in [-0.3, -0.25) is 9.13 Å². The highest BCUT2D eigenvalue weighted by Crippen LogP contribution is 2.30. The first-order valence-electron chi connectivity index (χ1n) is 11.9. The smallest absolute Gasteiger partial charge is 0.332 e. The van der Waals surface area contributed by atoms with E-state index in [9.17, 15) is 13.6 Å². The number of pyridine rings is 1. The summed E-state index contributed by atoms with van der Waals surface area (Å²) in [5, 5.41) is 2.92. The standard InChI is InChI=1S/C23H32F2N6O4Si/c1-33-21-17(11-15(12-26-21)19(24)25)28-22-27-13-18-20(29-22)31(16-5-7-34-8-6-16)23(32)30(18)14-35-9-10-36(2,3)4/h11-13,16,19H,5-10,14H2,1-4H3,(H,27,28,29). The summed E-state index contributed by atoms with van der Waals surface area (Å²) in [5.74, 6) is 0.255. The minimum atomic E-state index is -2.69. The van der Waals surface area contributed by atoms with Gasteiger partial charge in [0.25, 0.3) is 6.43 Å². The lowest BCUT2D eigenvalue weighted by molar-refractivity contribution is 0.0669. The van der Waals surface area contributed by atoms with Crippen LogP contribution in [0.5, 0.6) is 5.88 Å². The van der Waals surface area contributed by atoms with Gasteiger partial charge < -0.3 is 19.5 Å². The van der Waals surface area contributed by atoms with Gasteiger partial charge in [0.1, 0.15) is 17.9 Å². The lowest BCUT2D eigenvalue weighted by atomic mass is 10.1. The van der Waals surface area contributed by atoms with Crippen LogP contribution in [0.25, 0.3) is 11.2 Å². The highest BCUT2D eigenvalue weighted by Gasteiger charge is 2.25. The maximum Gasteiger partial charge on any atom is 0.332 e. The number of hydrogen-bond donors (Lipinski definition) is 1. The molecular weight excluding hydrogens is 490 g/mol. The average Bonchev–Trinajstić information content (AvgIpc) is 3.12. The number of ether oxygens (including phenoxy) is 3. The molecule has 0 bridgehead atoms. The molecule has 1 fully saturated rings. The number of anilines is 2. The number of nitrogens with one attached hydrogen (secondary N) is 1. The zero-order valence-corrected chi connectivity index (χ0v) is 22.0. The fourth-order valence-electron chi connectivity index (χ4n) is 4.01. The van der Waals surface area contributed by atoms with Gasteiger partial charge in [-0.25, -0.2) is 23.5 Å². The van der Waals surface area contributed by atoms with Crippen LogP contribution in [0.1, 0.15) is 30.9 Å². The van der Waals surface area contributed by atoms with Gasteiger partial charge in [0.15, 0.2) is 5.65 Å². The maximum absolute atomic E-state index is 13.5. The summed E-state index contributed by atoms with van der Waals surface area (Å²) in [7, 11) is 0.119. The molecule has 0 aliphatic carbocycles. The molecule has 196 valence electrons. The number of aromatic nitrogens is 5. The molecule has 36 heavy (non-hydrogen) atoms. The second kappa shape index (κ2) is 11.0. The van der Waals surface area contributed by atoms with Gasteiger partial charge in [-0.05, 0) is 25.0 Å². The van der Waals surface area contributed by atoms with Crippen molar-refractivity contribution in [2.45, 2.75) is 57.7 Å². The third kappa shape index (κ3) is 5.90. The fourth-order valence-corrected chi connectivity index (χ4v) is 4.77. The molecular formula is C23H32F2N6O4Si. The summed E-state index contributed by atoms with van der Waals surface area (Å²) >= 11 is 0. The number of hydrogen-bond acceptors (Lipinski definition) is 8. The molecule has 0 radical (unpaired) electrons. The summed E-state index contributed by atoms with van der Waals surface area (Å²) < 4.78 is 46.2. The van der Waals surface area contributed by atoms with Crippen molar-refractivity contribution in [2.75, 3.05) is 32.2 Å². The van der Waals surface area contributed by atoms with Crippen molar-refractivity contribution < 1.29 is 23.0 Å². The monoisotopic (exact) mass is 522 g/mol. The SMILES string of the molecule is COc1ncc(C(F)F)cc1Nc1ncc2c(n1)n(C1CCOCC1)c(=O)n2COCC[Si](C)(C)C. The van der Waals surface area contributed by atoms with Crippen LogP contribution >= 0.6 is 0 Å². The Morgan fingerprint density at radius 3 is 2.64 bits per heavy atom. The van der Waals surface area contributed by atoms with Gasteiger partial charge in [0.2, 0.25) is 11.8 Å². The Bertz CT molecular complexity index is 1250. The van der Waals surface area contributed by atoms with Crippen molar-refractivity contribution in [1.82, 2.24) is 24.1 Å². The Balaban J connectivity index is 1.70. The number of halogens is 2. The number of rotatable bonds is 10. The molecule has 4 heterocycles. The lowest BCUT2D eigenvalue weighted by Gasteiger charge is -2.23. The van der Waals surface area contributed by atoms with Crippen LogP contribution in [0, 0.1) is 0 Å². The molecule has 1 saturated heterocycles. The van der Waals surface area contributed by atoms with Gasteiger partial charge in [-0.1, -0.05) is 19.6 Å². The van der Waals surface area contributed by atoms with E-state index in [1.807, 2.05) is 0 Å². The van der Waals surface area contributed by atoms with Gasteiger partial charge in [-0.15, -0.1) is 0 Å². The Labute approximate surface area is 208 Å². The number of imidazole rings is 1. The third-order valence-corrected chi connectivity index (χ3v) is 7.75. The molecule has 1 aliphatic rings. The lowest BCUT2D eigenvalue weighted by Crippen LogP contribution is -2.31. The number of fused-ring (bicyclic) bond motifs is 1. The highest BCUT2D eigenvalue weighted by atomic mass is 28.3. The van der Waals surface area contributed by atoms with E-state index in [2.05, 4.69) is 39.9 Å². The van der Waals surface area contributed by atoms with Crippen LogP contribution in [0.3, 0.4) is 0 Å². The first-order chi connectivity index (χ1) is 17.2. The number of nitrogens with zero attached hydrogens (tertiary/aromatic N) is 5. The van der Waals surface area contributed by atoms with Crippen LogP contribution in [-0.2, 0) is 16.2 Å². The predicted molar refractivity (Wildman–Crippen MR) is 134 cm³/mol. The minimum Gasteiger partial charge on any atom is -0.480 e. The van der Waals surface area contributed by atoms with E-state index < -0.39 is 14.5 Å². The van der Waals surface area contributed by atoms with E-state index in [4.69, 9.17) is 14.2 Å². The van der Waals surface area contributed by atoms with Crippen molar-refractivity contribution in [1.29, 1.82) is 0 Å². The molecule has 0 unspecified atom stereocenters. The van der Waals surface area contributed by atoms with Gasteiger partial charge in [-0.2, -0.15) is 4.98 Å². The van der Waals surface area contributed by atoms with E-state index in [0.717, 1.165) is 12.2 Å². The van der Waals surface area contributed by atoms with E-state index in [1.54, 1.807) is 15.3 Å². The zero-order chi connectivity index (χ0) is 25.9. The van der Waals surface area contributed by atoms with Crippen molar-refractivity contribution >= 4 is 30.9 Å². The first kappa shape index (κ1) is 26.2. The average molecular weight is 523 g/mol. The van der Waals surface area contributed by atoms with Gasteiger partial charge >= 0.3 is 5.69 Å². The summed E-state index contributed by atoms with van der Waals surface area (Å²) in [6.07, 6.45) is 1.26. The molecule has 0 saturated carbocycles. The van der Waals surface area contributed by atoms with Crippen molar-refractivity contribution in [3.8, 4) is 5.88 Å². The molecule has 0 atom stereocenters. The Hall–Kier alpha value is -2.90. The molecule has 4 rings (SSSR count). The normalized spacial score (nSPS) is 15.1. The van der Waals surface area contributed by atoms with Crippen LogP contribution in [-0.4, -0.2) is 59.1 Å². The Morgan fingerprint density at radius 1 is 1.22 bits per heavy atom. The topological polar surface area (TPSA) is 105 Å². The molecule has 3 aromatic rings.